The first-order valence-corrected chi connectivity index (χ1v) is 7.49. The molecule has 2 N–H and O–H groups in total. The third-order valence-corrected chi connectivity index (χ3v) is 3.03. The number of amides is 3. The second-order valence-electron chi connectivity index (χ2n) is 4.77. The Labute approximate surface area is 140 Å². The molecule has 0 spiro atoms. The third kappa shape index (κ3) is 5.79. The lowest BCUT2D eigenvalue weighted by atomic mass is 10.2. The molecule has 0 aliphatic rings. The van der Waals surface area contributed by atoms with Gasteiger partial charge in [-0.25, -0.2) is 9.59 Å². The highest BCUT2D eigenvalue weighted by molar-refractivity contribution is 5.98. The van der Waals surface area contributed by atoms with Gasteiger partial charge in [0.1, 0.15) is 5.56 Å². The van der Waals surface area contributed by atoms with Crippen molar-refractivity contribution in [3.8, 4) is 11.5 Å². The molecule has 0 fully saturated rings. The van der Waals surface area contributed by atoms with E-state index < -0.39 is 24.5 Å². The van der Waals surface area contributed by atoms with E-state index in [1.165, 1.54) is 20.3 Å². The lowest BCUT2D eigenvalue weighted by Crippen LogP contribution is -2.41. The van der Waals surface area contributed by atoms with Crippen LogP contribution in [-0.4, -0.2) is 45.3 Å². The lowest BCUT2D eigenvalue weighted by Gasteiger charge is -2.12. The van der Waals surface area contributed by atoms with Gasteiger partial charge in [0.05, 0.1) is 14.2 Å². The summed E-state index contributed by atoms with van der Waals surface area (Å²) in [6.45, 7) is 1.87. The molecule has 1 aromatic rings. The van der Waals surface area contributed by atoms with Crippen LogP contribution < -0.4 is 20.1 Å². The standard InChI is InChI=1S/C16H22N2O6/c1-4-5-9-17-16(21)18-13(19)10-24-15(20)11-7-6-8-12(22-2)14(11)23-3/h6-8H,4-5,9-10H2,1-3H3,(H2,17,18,19,21). The molecule has 0 aliphatic carbocycles. The monoisotopic (exact) mass is 338 g/mol. The number of urea groups is 1. The van der Waals surface area contributed by atoms with Crippen molar-refractivity contribution in [3.63, 3.8) is 0 Å². The molecule has 8 nitrogen and oxygen atoms in total. The number of carbonyl (C=O) groups is 3. The third-order valence-electron chi connectivity index (χ3n) is 3.03. The van der Waals surface area contributed by atoms with Crippen LogP contribution in [0.2, 0.25) is 0 Å². The Morgan fingerprint density at radius 3 is 2.50 bits per heavy atom. The van der Waals surface area contributed by atoms with Gasteiger partial charge < -0.3 is 19.5 Å². The number of hydrogen-bond acceptors (Lipinski definition) is 6. The molecule has 1 rings (SSSR count). The van der Waals surface area contributed by atoms with Gasteiger partial charge in [0, 0.05) is 6.54 Å². The minimum atomic E-state index is -0.757. The minimum absolute atomic E-state index is 0.122. The molecule has 0 saturated carbocycles. The Morgan fingerprint density at radius 2 is 1.88 bits per heavy atom. The van der Waals surface area contributed by atoms with Crippen LogP contribution >= 0.6 is 0 Å². The van der Waals surface area contributed by atoms with Crippen LogP contribution in [0.3, 0.4) is 0 Å². The maximum atomic E-state index is 12.1. The van der Waals surface area contributed by atoms with E-state index in [4.69, 9.17) is 14.2 Å². The van der Waals surface area contributed by atoms with Crippen molar-refractivity contribution in [3.05, 3.63) is 23.8 Å². The molecule has 0 saturated heterocycles. The Hall–Kier alpha value is -2.77. The van der Waals surface area contributed by atoms with Gasteiger partial charge in [0.25, 0.3) is 5.91 Å². The number of carbonyl (C=O) groups excluding carboxylic acids is 3. The van der Waals surface area contributed by atoms with E-state index in [9.17, 15) is 14.4 Å². The van der Waals surface area contributed by atoms with Crippen molar-refractivity contribution in [2.24, 2.45) is 0 Å². The molecule has 132 valence electrons. The van der Waals surface area contributed by atoms with Crippen molar-refractivity contribution >= 4 is 17.9 Å². The van der Waals surface area contributed by atoms with E-state index in [0.29, 0.717) is 12.3 Å². The maximum absolute atomic E-state index is 12.1. The number of methoxy groups -OCH3 is 2. The first kappa shape index (κ1) is 19.3. The van der Waals surface area contributed by atoms with Crippen molar-refractivity contribution in [1.82, 2.24) is 10.6 Å². The molecule has 0 bridgehead atoms. The van der Waals surface area contributed by atoms with E-state index in [-0.39, 0.29) is 11.3 Å². The second-order valence-corrected chi connectivity index (χ2v) is 4.77. The number of nitrogens with one attached hydrogen (secondary N) is 2. The van der Waals surface area contributed by atoms with Crippen LogP contribution in [0, 0.1) is 0 Å². The molecule has 8 heteroatoms. The van der Waals surface area contributed by atoms with Crippen molar-refractivity contribution in [1.29, 1.82) is 0 Å². The van der Waals surface area contributed by atoms with Crippen LogP contribution in [0.1, 0.15) is 30.1 Å². The van der Waals surface area contributed by atoms with Crippen LogP contribution in [0.4, 0.5) is 4.79 Å². The largest absolute Gasteiger partial charge is 0.493 e. The van der Waals surface area contributed by atoms with Gasteiger partial charge in [-0.2, -0.15) is 0 Å². The summed E-state index contributed by atoms with van der Waals surface area (Å²) in [4.78, 5) is 35.1. The highest BCUT2D eigenvalue weighted by Gasteiger charge is 2.19. The Balaban J connectivity index is 2.54. The summed E-state index contributed by atoms with van der Waals surface area (Å²) in [5.41, 5.74) is 0.122. The first-order chi connectivity index (χ1) is 11.5. The average molecular weight is 338 g/mol. The van der Waals surface area contributed by atoms with Crippen molar-refractivity contribution in [2.45, 2.75) is 19.8 Å². The van der Waals surface area contributed by atoms with Crippen molar-refractivity contribution in [2.75, 3.05) is 27.4 Å². The molecule has 0 heterocycles. The van der Waals surface area contributed by atoms with Crippen molar-refractivity contribution < 1.29 is 28.6 Å². The minimum Gasteiger partial charge on any atom is -0.493 e. The van der Waals surface area contributed by atoms with E-state index in [1.54, 1.807) is 12.1 Å². The molecular weight excluding hydrogens is 316 g/mol. The SMILES string of the molecule is CCCCNC(=O)NC(=O)COC(=O)c1cccc(OC)c1OC. The second kappa shape index (κ2) is 10.1. The first-order valence-electron chi connectivity index (χ1n) is 7.49. The molecular formula is C16H22N2O6. The lowest BCUT2D eigenvalue weighted by molar-refractivity contribution is -0.123. The zero-order valence-electron chi connectivity index (χ0n) is 14.0. The zero-order chi connectivity index (χ0) is 17.9. The fourth-order valence-corrected chi connectivity index (χ4v) is 1.84. The number of para-hydroxylation sites is 1. The number of imide groups is 1. The molecule has 0 aliphatic heterocycles. The highest BCUT2D eigenvalue weighted by atomic mass is 16.5. The molecule has 0 atom stereocenters. The molecule has 0 unspecified atom stereocenters. The quantitative estimate of drug-likeness (QED) is 0.550. The molecule has 0 aromatic heterocycles. The van der Waals surface area contributed by atoms with Crippen LogP contribution in [-0.2, 0) is 9.53 Å². The summed E-state index contributed by atoms with van der Waals surface area (Å²) >= 11 is 0. The number of esters is 1. The number of hydrogen-bond donors (Lipinski definition) is 2. The summed E-state index contributed by atoms with van der Waals surface area (Å²) in [5, 5.41) is 4.59. The fourth-order valence-electron chi connectivity index (χ4n) is 1.84. The van der Waals surface area contributed by atoms with Crippen LogP contribution in [0.25, 0.3) is 0 Å². The number of benzene rings is 1. The topological polar surface area (TPSA) is 103 Å². The fraction of sp³-hybridized carbons (Fsp3) is 0.438. The van der Waals surface area contributed by atoms with E-state index in [1.807, 2.05) is 6.92 Å². The normalized spacial score (nSPS) is 9.79. The van der Waals surface area contributed by atoms with Gasteiger partial charge >= 0.3 is 12.0 Å². The maximum Gasteiger partial charge on any atom is 0.342 e. The predicted octanol–water partition coefficient (Wildman–Crippen LogP) is 1.49. The number of ether oxygens (including phenoxy) is 3. The number of unbranched alkanes of at least 4 members (excludes halogenated alkanes) is 1. The number of rotatable bonds is 8. The van der Waals surface area contributed by atoms with Crippen LogP contribution in [0.5, 0.6) is 11.5 Å². The Bertz CT molecular complexity index is 588. The van der Waals surface area contributed by atoms with Crippen LogP contribution in [0.15, 0.2) is 18.2 Å². The average Bonchev–Trinajstić information content (AvgIpc) is 2.58. The molecule has 3 amide bonds. The van der Waals surface area contributed by atoms with Gasteiger partial charge in [0.2, 0.25) is 0 Å². The Morgan fingerprint density at radius 1 is 1.12 bits per heavy atom. The summed E-state index contributed by atoms with van der Waals surface area (Å²) in [6, 6.07) is 4.09. The van der Waals surface area contributed by atoms with Gasteiger partial charge in [0.15, 0.2) is 18.1 Å². The smallest absolute Gasteiger partial charge is 0.342 e. The van der Waals surface area contributed by atoms with E-state index >= 15 is 0 Å². The van der Waals surface area contributed by atoms with E-state index in [2.05, 4.69) is 10.6 Å². The van der Waals surface area contributed by atoms with Gasteiger partial charge in [-0.15, -0.1) is 0 Å². The summed E-state index contributed by atoms with van der Waals surface area (Å²) < 4.78 is 15.1. The van der Waals surface area contributed by atoms with Gasteiger partial charge in [-0.3, -0.25) is 10.1 Å². The molecule has 1 aromatic carbocycles. The molecule has 24 heavy (non-hydrogen) atoms. The summed E-state index contributed by atoms with van der Waals surface area (Å²) in [6.07, 6.45) is 1.74. The Kier molecular flexibility index (Phi) is 8.10. The summed E-state index contributed by atoms with van der Waals surface area (Å²) in [7, 11) is 2.83. The predicted molar refractivity (Wildman–Crippen MR) is 86.3 cm³/mol. The van der Waals surface area contributed by atoms with Gasteiger partial charge in [-0.1, -0.05) is 19.4 Å². The summed E-state index contributed by atoms with van der Waals surface area (Å²) in [5.74, 6) is -0.902. The highest BCUT2D eigenvalue weighted by Crippen LogP contribution is 2.30. The zero-order valence-corrected chi connectivity index (χ0v) is 14.0. The molecule has 0 radical (unpaired) electrons. The van der Waals surface area contributed by atoms with E-state index in [0.717, 1.165) is 12.8 Å². The van der Waals surface area contributed by atoms with Gasteiger partial charge in [-0.05, 0) is 18.6 Å².